The van der Waals surface area contributed by atoms with E-state index in [0.29, 0.717) is 0 Å². The molecule has 0 N–H and O–H groups in total. The van der Waals surface area contributed by atoms with Crippen LogP contribution >= 0.6 is 0 Å². The van der Waals surface area contributed by atoms with E-state index < -0.39 is 0 Å². The summed E-state index contributed by atoms with van der Waals surface area (Å²) >= 11 is 0. The minimum atomic E-state index is 1.12. The van der Waals surface area contributed by atoms with Crippen molar-refractivity contribution in [2.24, 2.45) is 0 Å². The van der Waals surface area contributed by atoms with Gasteiger partial charge < -0.3 is 18.3 Å². The van der Waals surface area contributed by atoms with E-state index in [9.17, 15) is 0 Å². The van der Waals surface area contributed by atoms with Crippen molar-refractivity contribution in [3.63, 3.8) is 0 Å². The second-order valence-electron chi connectivity index (χ2n) is 35.1. The molecule has 0 bridgehead atoms. The number of aromatic nitrogens is 4. The summed E-state index contributed by atoms with van der Waals surface area (Å²) in [6, 6.07) is 195. The third-order valence-corrected chi connectivity index (χ3v) is 27.6. The Kier molecular flexibility index (Phi) is 20.3. The molecule has 0 fully saturated rings. The molecule has 4 nitrogen and oxygen atoms in total. The lowest BCUT2D eigenvalue weighted by molar-refractivity contribution is 1.16. The minimum Gasteiger partial charge on any atom is -0.309 e. The van der Waals surface area contributed by atoms with Gasteiger partial charge in [0.15, 0.2) is 0 Å². The average Bonchev–Trinajstić information content (AvgIpc) is 1.56. The highest BCUT2D eigenvalue weighted by Gasteiger charge is 2.29. The van der Waals surface area contributed by atoms with E-state index in [0.717, 1.165) is 67.1 Å². The van der Waals surface area contributed by atoms with Gasteiger partial charge in [-0.05, 0) is 202 Å². The SMILES string of the molecule is c1ccc(-c2ccccc2-c2ccc3c(c2)c2c(-c4ccccc4)c(-c4ccccc4-c4ccccc4)ccc2n3-c2ccccc2-c2ccccc2-n2c3ccccc3c3ccccc32)cc1.c1ccc(-c2ccccc2-c2ccc3c(c2)c2cc(-c4ccccc4-c4ccccc4)c(-c4ccccc4)cc2n3-c2ccccc2-c2ccccc2-n2c3ccccc3c3ccccc32)cc1. The fraction of sp³-hybridized carbons (Fsp3) is 0. The topological polar surface area (TPSA) is 19.7 Å². The highest BCUT2D eigenvalue weighted by molar-refractivity contribution is 6.22. The Hall–Kier alpha value is -18.0. The number of hydrogen-bond donors (Lipinski definition) is 0. The van der Waals surface area contributed by atoms with Crippen LogP contribution in [0.5, 0.6) is 0 Å². The van der Waals surface area contributed by atoms with E-state index in [1.807, 2.05) is 0 Å². The maximum Gasteiger partial charge on any atom is 0.0548 e. The Morgan fingerprint density at radius 2 is 0.338 bits per heavy atom. The zero-order valence-electron chi connectivity index (χ0n) is 74.6. The summed E-state index contributed by atoms with van der Waals surface area (Å²) in [6.07, 6.45) is 0. The van der Waals surface area contributed by atoms with Gasteiger partial charge in [0, 0.05) is 65.3 Å². The third kappa shape index (κ3) is 13.8. The number of rotatable bonds is 16. The van der Waals surface area contributed by atoms with Crippen molar-refractivity contribution in [3.05, 3.63) is 534 Å². The molecule has 4 aromatic heterocycles. The molecule has 0 unspecified atom stereocenters. The van der Waals surface area contributed by atoms with Crippen LogP contribution in [0.4, 0.5) is 0 Å². The van der Waals surface area contributed by atoms with Gasteiger partial charge in [0.1, 0.15) is 0 Å². The molecule has 22 aromatic carbocycles. The molecule has 136 heavy (non-hydrogen) atoms. The number of hydrogen-bond acceptors (Lipinski definition) is 0. The van der Waals surface area contributed by atoms with Crippen LogP contribution in [-0.4, -0.2) is 18.3 Å². The van der Waals surface area contributed by atoms with Crippen LogP contribution in [-0.2, 0) is 0 Å². The lowest BCUT2D eigenvalue weighted by Gasteiger charge is -2.19. The zero-order valence-corrected chi connectivity index (χ0v) is 74.6. The number of nitrogens with zero attached hydrogens (tertiary/aromatic N) is 4. The van der Waals surface area contributed by atoms with Crippen LogP contribution in [0.25, 0.3) is 243 Å². The van der Waals surface area contributed by atoms with Crippen molar-refractivity contribution < 1.29 is 0 Å². The van der Waals surface area contributed by atoms with Gasteiger partial charge in [0.25, 0.3) is 0 Å². The molecule has 0 saturated carbocycles. The standard InChI is InChI=1S/2C66H44N2/c1-4-22-45(23-5-1)49-28-10-11-30-51(49)48-40-42-63-58(44-48)66-64(43-41-57(65(66)47-26-8-3-9-27-47)52-31-13-12-29-50(52)46-24-6-2-7-25-46)68(63)62-39-21-17-35-56(62)55-34-16-20-38-61(55)67-59-36-18-14-32-53(59)54-33-15-19-37-60(54)67;1-4-22-45(23-5-1)49-28-10-11-30-51(49)48-40-41-65-59(42-48)60-43-58(52-31-13-12-29-50(52)46-24-6-2-7-25-46)57(47-26-8-3-9-27-47)44-66(60)68(65)64-39-21-17-35-56(64)55-34-16-20-38-63(55)67-61-36-18-14-32-53(61)54-33-15-19-37-62(54)67/h2*1-44H. The molecule has 4 heteroatoms. The van der Waals surface area contributed by atoms with Crippen LogP contribution in [0.2, 0.25) is 0 Å². The van der Waals surface area contributed by atoms with Crippen LogP contribution in [0, 0.1) is 0 Å². The molecule has 0 radical (unpaired) electrons. The van der Waals surface area contributed by atoms with Gasteiger partial charge >= 0.3 is 0 Å². The number of benzene rings is 22. The van der Waals surface area contributed by atoms with E-state index in [4.69, 9.17) is 0 Å². The van der Waals surface area contributed by atoms with Crippen molar-refractivity contribution in [1.82, 2.24) is 18.3 Å². The molecule has 0 spiro atoms. The maximum absolute atomic E-state index is 2.52. The Morgan fingerprint density at radius 3 is 0.706 bits per heavy atom. The van der Waals surface area contributed by atoms with Crippen LogP contribution in [0.3, 0.4) is 0 Å². The van der Waals surface area contributed by atoms with Gasteiger partial charge in [-0.25, -0.2) is 0 Å². The summed E-state index contributed by atoms with van der Waals surface area (Å²) in [7, 11) is 0. The summed E-state index contributed by atoms with van der Waals surface area (Å²) < 4.78 is 9.94. The zero-order chi connectivity index (χ0) is 89.9. The van der Waals surface area contributed by atoms with E-state index in [1.165, 1.54) is 176 Å². The molecule has 26 aromatic rings. The number of para-hydroxylation sites is 8. The van der Waals surface area contributed by atoms with Gasteiger partial charge in [-0.2, -0.15) is 0 Å². The smallest absolute Gasteiger partial charge is 0.0548 e. The highest BCUT2D eigenvalue weighted by atomic mass is 15.0. The van der Waals surface area contributed by atoms with Crippen molar-refractivity contribution in [1.29, 1.82) is 0 Å². The van der Waals surface area contributed by atoms with Crippen LogP contribution in [0.15, 0.2) is 534 Å². The summed E-state index contributed by atoms with van der Waals surface area (Å²) in [5, 5.41) is 9.80. The first kappa shape index (κ1) is 80.1. The van der Waals surface area contributed by atoms with E-state index in [2.05, 4.69) is 552 Å². The predicted octanol–water partition coefficient (Wildman–Crippen LogP) is 35.8. The van der Waals surface area contributed by atoms with Crippen molar-refractivity contribution in [2.45, 2.75) is 0 Å². The van der Waals surface area contributed by atoms with E-state index in [-0.39, 0.29) is 0 Å². The lowest BCUT2D eigenvalue weighted by atomic mass is 9.86. The summed E-state index contributed by atoms with van der Waals surface area (Å²) in [5.74, 6) is 0. The quantitative estimate of drug-likeness (QED) is 0.0919. The van der Waals surface area contributed by atoms with E-state index >= 15 is 0 Å². The summed E-state index contributed by atoms with van der Waals surface area (Å²) in [6.45, 7) is 0. The van der Waals surface area contributed by atoms with Gasteiger partial charge in [0.05, 0.1) is 66.9 Å². The summed E-state index contributed by atoms with van der Waals surface area (Å²) in [5.41, 5.74) is 42.4. The molecular formula is C132H88N4. The van der Waals surface area contributed by atoms with E-state index in [1.54, 1.807) is 0 Å². The first-order valence-corrected chi connectivity index (χ1v) is 46.9. The Labute approximate surface area is 790 Å². The van der Waals surface area contributed by atoms with Gasteiger partial charge in [0.2, 0.25) is 0 Å². The highest BCUT2D eigenvalue weighted by Crippen LogP contribution is 2.52. The van der Waals surface area contributed by atoms with Crippen molar-refractivity contribution in [2.75, 3.05) is 0 Å². The first-order chi connectivity index (χ1) is 67.6. The molecule has 0 amide bonds. The molecule has 0 aliphatic rings. The predicted molar refractivity (Wildman–Crippen MR) is 575 cm³/mol. The maximum atomic E-state index is 2.52. The molecule has 0 atom stereocenters. The van der Waals surface area contributed by atoms with Crippen LogP contribution in [0.1, 0.15) is 0 Å². The number of fused-ring (bicyclic) bond motifs is 12. The second-order valence-corrected chi connectivity index (χ2v) is 35.1. The molecule has 4 heterocycles. The molecule has 0 saturated heterocycles. The average molecular weight is 1730 g/mol. The monoisotopic (exact) mass is 1730 g/mol. The Balaban J connectivity index is 0.000000145. The second kappa shape index (κ2) is 34.4. The molecule has 0 aliphatic heterocycles. The molecular weight excluding hydrogens is 1640 g/mol. The normalized spacial score (nSPS) is 11.5. The fourth-order valence-corrected chi connectivity index (χ4v) is 21.6. The molecule has 0 aliphatic carbocycles. The first-order valence-electron chi connectivity index (χ1n) is 46.9. The third-order valence-electron chi connectivity index (χ3n) is 27.6. The van der Waals surface area contributed by atoms with Gasteiger partial charge in [-0.15, -0.1) is 0 Å². The molecule has 26 rings (SSSR count). The lowest BCUT2D eigenvalue weighted by Crippen LogP contribution is -2.01. The summed E-state index contributed by atoms with van der Waals surface area (Å²) in [4.78, 5) is 0. The Morgan fingerprint density at radius 1 is 0.103 bits per heavy atom. The minimum absolute atomic E-state index is 1.12. The Bertz CT molecular complexity index is 8680. The van der Waals surface area contributed by atoms with Crippen LogP contribution < -0.4 is 0 Å². The van der Waals surface area contributed by atoms with Crippen molar-refractivity contribution >= 4 is 87.2 Å². The fourth-order valence-electron chi connectivity index (χ4n) is 21.6. The molecule has 636 valence electrons. The van der Waals surface area contributed by atoms with Gasteiger partial charge in [-0.1, -0.05) is 443 Å². The van der Waals surface area contributed by atoms with Gasteiger partial charge in [-0.3, -0.25) is 0 Å². The largest absolute Gasteiger partial charge is 0.309 e. The van der Waals surface area contributed by atoms with Crippen molar-refractivity contribution in [3.8, 4) is 156 Å².